The second kappa shape index (κ2) is 3.44. The first kappa shape index (κ1) is 8.85. The molecule has 4 heteroatoms. The van der Waals surface area contributed by atoms with E-state index < -0.39 is 0 Å². The first-order chi connectivity index (χ1) is 5.13. The van der Waals surface area contributed by atoms with E-state index in [2.05, 4.69) is 0 Å². The molecule has 0 fully saturated rings. The van der Waals surface area contributed by atoms with Crippen LogP contribution in [0.3, 0.4) is 0 Å². The summed E-state index contributed by atoms with van der Waals surface area (Å²) in [6.07, 6.45) is 0. The van der Waals surface area contributed by atoms with E-state index in [0.29, 0.717) is 0 Å². The Bertz CT molecular complexity index is 335. The molecule has 11 heavy (non-hydrogen) atoms. The predicted molar refractivity (Wildman–Crippen MR) is 47.7 cm³/mol. The van der Waals surface area contributed by atoms with Gasteiger partial charge in [0.15, 0.2) is 5.43 Å². The van der Waals surface area contributed by atoms with Crippen LogP contribution in [0.15, 0.2) is 23.0 Å². The van der Waals surface area contributed by atoms with Crippen molar-refractivity contribution in [3.8, 4) is 0 Å². The molecule has 0 saturated carbocycles. The van der Waals surface area contributed by atoms with Crippen LogP contribution in [0.4, 0.5) is 0 Å². The summed E-state index contributed by atoms with van der Waals surface area (Å²) in [5, 5.41) is 0.337. The van der Waals surface area contributed by atoms with Gasteiger partial charge in [-0.15, -0.1) is 0 Å². The van der Waals surface area contributed by atoms with Crippen molar-refractivity contribution in [2.75, 3.05) is 0 Å². The minimum atomic E-state index is -0.330. The Balaban J connectivity index is 3.62. The third kappa shape index (κ3) is 1.86. The Kier molecular flexibility index (Phi) is 2.77. The first-order valence-electron chi connectivity index (χ1n) is 2.77. The molecule has 1 nitrogen and oxygen atoms in total. The van der Waals surface area contributed by atoms with E-state index in [0.717, 1.165) is 0 Å². The van der Waals surface area contributed by atoms with Crippen LogP contribution < -0.4 is 5.43 Å². The van der Waals surface area contributed by atoms with Crippen molar-refractivity contribution in [1.29, 1.82) is 0 Å². The van der Waals surface area contributed by atoms with Gasteiger partial charge in [0, 0.05) is 0 Å². The lowest BCUT2D eigenvalue weighted by Crippen LogP contribution is -1.93. The molecule has 0 unspecified atom stereocenters. The molecule has 0 bridgehead atoms. The number of rotatable bonds is 0. The highest BCUT2D eigenvalue weighted by molar-refractivity contribution is 6.47. The Morgan fingerprint density at radius 2 is 1.64 bits per heavy atom. The summed E-state index contributed by atoms with van der Waals surface area (Å²) in [5.74, 6) is 0. The van der Waals surface area contributed by atoms with Crippen LogP contribution in [0.2, 0.25) is 15.1 Å². The monoisotopic (exact) mass is 208 g/mol. The fourth-order valence-electron chi connectivity index (χ4n) is 0.579. The average Bonchev–Trinajstić information content (AvgIpc) is 2.07. The van der Waals surface area contributed by atoms with Gasteiger partial charge in [0.25, 0.3) is 0 Å². The normalized spacial score (nSPS) is 9.73. The van der Waals surface area contributed by atoms with Gasteiger partial charge in [-0.05, 0) is 12.1 Å². The number of halogens is 3. The number of hydrogen-bond donors (Lipinski definition) is 0. The van der Waals surface area contributed by atoms with Crippen LogP contribution in [0.5, 0.6) is 0 Å². The van der Waals surface area contributed by atoms with E-state index in [1.165, 1.54) is 18.2 Å². The van der Waals surface area contributed by atoms with Gasteiger partial charge < -0.3 is 0 Å². The first-order valence-corrected chi connectivity index (χ1v) is 3.90. The zero-order valence-corrected chi connectivity index (χ0v) is 7.54. The lowest BCUT2D eigenvalue weighted by molar-refractivity contribution is 1.67. The van der Waals surface area contributed by atoms with Gasteiger partial charge in [-0.2, -0.15) is 0 Å². The van der Waals surface area contributed by atoms with Crippen LogP contribution in [-0.2, 0) is 0 Å². The topological polar surface area (TPSA) is 17.1 Å². The molecule has 0 aliphatic rings. The summed E-state index contributed by atoms with van der Waals surface area (Å²) in [7, 11) is 0. The molecule has 58 valence electrons. The van der Waals surface area contributed by atoms with Crippen molar-refractivity contribution in [2.45, 2.75) is 0 Å². The Labute approximate surface area is 78.5 Å². The molecule has 0 aliphatic carbocycles. The molecule has 0 aliphatic heterocycles. The second-order valence-corrected chi connectivity index (χ2v) is 3.03. The van der Waals surface area contributed by atoms with Crippen molar-refractivity contribution in [2.24, 2.45) is 0 Å². The molecule has 0 N–H and O–H groups in total. The molecular formula is C7H3Cl3O. The Hall–Kier alpha value is -0.240. The summed E-state index contributed by atoms with van der Waals surface area (Å²) < 4.78 is 0. The van der Waals surface area contributed by atoms with E-state index in [4.69, 9.17) is 34.8 Å². The van der Waals surface area contributed by atoms with Crippen molar-refractivity contribution in [1.82, 2.24) is 0 Å². The summed E-state index contributed by atoms with van der Waals surface area (Å²) in [6.45, 7) is 0. The van der Waals surface area contributed by atoms with Gasteiger partial charge in [0.1, 0.15) is 5.02 Å². The van der Waals surface area contributed by atoms with Crippen molar-refractivity contribution >= 4 is 34.8 Å². The lowest BCUT2D eigenvalue weighted by Gasteiger charge is -1.87. The zero-order valence-electron chi connectivity index (χ0n) is 5.27. The van der Waals surface area contributed by atoms with Gasteiger partial charge in [0.2, 0.25) is 0 Å². The fourth-order valence-corrected chi connectivity index (χ4v) is 1.12. The third-order valence-electron chi connectivity index (χ3n) is 1.11. The van der Waals surface area contributed by atoms with Crippen molar-refractivity contribution < 1.29 is 0 Å². The highest BCUT2D eigenvalue weighted by Gasteiger charge is 2.02. The van der Waals surface area contributed by atoms with E-state index in [1.807, 2.05) is 0 Å². The van der Waals surface area contributed by atoms with E-state index in [9.17, 15) is 4.79 Å². The standard InChI is InChI=1S/C7H3Cl3O/c8-4-2-1-3-5(11)7(10)6(4)9/h1-3H. The van der Waals surface area contributed by atoms with Crippen LogP contribution in [0, 0.1) is 0 Å². The minimum absolute atomic E-state index is 0.0401. The van der Waals surface area contributed by atoms with Crippen LogP contribution in [-0.4, -0.2) is 0 Å². The minimum Gasteiger partial charge on any atom is -0.288 e. The van der Waals surface area contributed by atoms with E-state index >= 15 is 0 Å². The van der Waals surface area contributed by atoms with Crippen molar-refractivity contribution in [3.63, 3.8) is 0 Å². The molecule has 0 heterocycles. The van der Waals surface area contributed by atoms with Gasteiger partial charge in [-0.25, -0.2) is 0 Å². The highest BCUT2D eigenvalue weighted by Crippen LogP contribution is 2.25. The smallest absolute Gasteiger partial charge is 0.198 e. The maximum Gasteiger partial charge on any atom is 0.198 e. The van der Waals surface area contributed by atoms with Gasteiger partial charge in [-0.1, -0.05) is 40.9 Å². The van der Waals surface area contributed by atoms with E-state index in [-0.39, 0.29) is 20.5 Å². The largest absolute Gasteiger partial charge is 0.288 e. The average molecular weight is 209 g/mol. The van der Waals surface area contributed by atoms with Crippen LogP contribution >= 0.6 is 34.8 Å². The van der Waals surface area contributed by atoms with Crippen molar-refractivity contribution in [3.05, 3.63) is 43.5 Å². The maximum atomic E-state index is 10.9. The highest BCUT2D eigenvalue weighted by atomic mass is 35.5. The van der Waals surface area contributed by atoms with Gasteiger partial charge >= 0.3 is 0 Å². The quantitative estimate of drug-likeness (QED) is 0.642. The van der Waals surface area contributed by atoms with Gasteiger partial charge in [0.05, 0.1) is 10.0 Å². The summed E-state index contributed by atoms with van der Waals surface area (Å²) >= 11 is 16.8. The molecule has 0 saturated heterocycles. The van der Waals surface area contributed by atoms with E-state index in [1.54, 1.807) is 0 Å². The molecule has 0 atom stereocenters. The number of hydrogen-bond acceptors (Lipinski definition) is 1. The molecule has 0 radical (unpaired) electrons. The second-order valence-electron chi connectivity index (χ2n) is 1.87. The Morgan fingerprint density at radius 1 is 1.00 bits per heavy atom. The zero-order chi connectivity index (χ0) is 8.43. The summed E-state index contributed by atoms with van der Waals surface area (Å²) in [5.41, 5.74) is -0.330. The molecule has 1 aromatic rings. The van der Waals surface area contributed by atoms with Crippen LogP contribution in [0.1, 0.15) is 0 Å². The maximum absolute atomic E-state index is 10.9. The third-order valence-corrected chi connectivity index (χ3v) is 2.39. The SMILES string of the molecule is O=c1cccc(Cl)c(Cl)c1Cl. The lowest BCUT2D eigenvalue weighted by atomic mass is 10.5. The summed E-state index contributed by atoms with van der Waals surface area (Å²) in [4.78, 5) is 10.9. The van der Waals surface area contributed by atoms with Gasteiger partial charge in [-0.3, -0.25) is 4.79 Å². The molecule has 0 spiro atoms. The molecule has 1 rings (SSSR count). The fraction of sp³-hybridized carbons (Fsp3) is 0. The Morgan fingerprint density at radius 3 is 2.27 bits per heavy atom. The van der Waals surface area contributed by atoms with Crippen LogP contribution in [0.25, 0.3) is 0 Å². The molecule has 1 aromatic carbocycles. The molecule has 0 aromatic heterocycles. The summed E-state index contributed by atoms with van der Waals surface area (Å²) in [6, 6.07) is 4.32. The predicted octanol–water partition coefficient (Wildman–Crippen LogP) is 3.01. The molecular weight excluding hydrogens is 206 g/mol. The molecule has 0 amide bonds.